The molecule has 2 N–H and O–H groups in total. The fraction of sp³-hybridized carbons (Fsp3) is 0.700. The van der Waals surface area contributed by atoms with E-state index in [1.165, 1.54) is 0 Å². The Morgan fingerprint density at radius 1 is 1.54 bits per heavy atom. The van der Waals surface area contributed by atoms with Crippen LogP contribution in [-0.4, -0.2) is 23.2 Å². The van der Waals surface area contributed by atoms with Gasteiger partial charge in [0.25, 0.3) is 0 Å². The van der Waals surface area contributed by atoms with Gasteiger partial charge in [0.15, 0.2) is 0 Å². The van der Waals surface area contributed by atoms with Crippen LogP contribution in [0.25, 0.3) is 0 Å². The van der Waals surface area contributed by atoms with Crippen molar-refractivity contribution in [2.24, 2.45) is 0 Å². The van der Waals surface area contributed by atoms with Crippen molar-refractivity contribution in [1.29, 1.82) is 0 Å². The SMILES string of the molecule is C=CCC(=O)NC(CC)(CC)CO. The first kappa shape index (κ1) is 12.2. The van der Waals surface area contributed by atoms with Crippen LogP contribution in [0.5, 0.6) is 0 Å². The Balaban J connectivity index is 4.23. The Hall–Kier alpha value is -0.830. The third kappa shape index (κ3) is 3.59. The van der Waals surface area contributed by atoms with Gasteiger partial charge < -0.3 is 10.4 Å². The summed E-state index contributed by atoms with van der Waals surface area (Å²) < 4.78 is 0. The summed E-state index contributed by atoms with van der Waals surface area (Å²) in [6, 6.07) is 0. The average Bonchev–Trinajstić information content (AvgIpc) is 2.15. The molecule has 0 aromatic carbocycles. The second-order valence-electron chi connectivity index (χ2n) is 3.19. The van der Waals surface area contributed by atoms with Crippen LogP contribution < -0.4 is 5.32 Å². The van der Waals surface area contributed by atoms with Crippen LogP contribution in [0.15, 0.2) is 12.7 Å². The van der Waals surface area contributed by atoms with Gasteiger partial charge in [-0.25, -0.2) is 0 Å². The van der Waals surface area contributed by atoms with E-state index < -0.39 is 5.54 Å². The standard InChI is InChI=1S/C10H19NO2/c1-4-7-9(13)11-10(5-2,6-3)8-12/h4,12H,1,5-8H2,2-3H3,(H,11,13). The van der Waals surface area contributed by atoms with Gasteiger partial charge in [0.2, 0.25) is 5.91 Å². The van der Waals surface area contributed by atoms with E-state index in [1.54, 1.807) is 6.08 Å². The predicted octanol–water partition coefficient (Wildman–Crippen LogP) is 1.23. The zero-order valence-corrected chi connectivity index (χ0v) is 8.47. The number of aliphatic hydroxyl groups is 1. The third-order valence-electron chi connectivity index (χ3n) is 2.39. The molecule has 0 atom stereocenters. The van der Waals surface area contributed by atoms with E-state index in [4.69, 9.17) is 5.11 Å². The molecule has 0 aliphatic carbocycles. The molecule has 0 spiro atoms. The van der Waals surface area contributed by atoms with Crippen molar-refractivity contribution in [2.75, 3.05) is 6.61 Å². The van der Waals surface area contributed by atoms with Gasteiger partial charge in [0, 0.05) is 6.42 Å². The molecule has 0 aromatic heterocycles. The number of amides is 1. The zero-order chi connectivity index (χ0) is 10.3. The highest BCUT2D eigenvalue weighted by Crippen LogP contribution is 2.13. The predicted molar refractivity (Wildman–Crippen MR) is 53.4 cm³/mol. The van der Waals surface area contributed by atoms with Gasteiger partial charge in [-0.15, -0.1) is 6.58 Å². The molecule has 0 fully saturated rings. The van der Waals surface area contributed by atoms with E-state index >= 15 is 0 Å². The highest BCUT2D eigenvalue weighted by atomic mass is 16.3. The molecule has 13 heavy (non-hydrogen) atoms. The molecule has 3 heteroatoms. The maximum absolute atomic E-state index is 11.2. The lowest BCUT2D eigenvalue weighted by atomic mass is 9.94. The van der Waals surface area contributed by atoms with E-state index in [0.29, 0.717) is 6.42 Å². The van der Waals surface area contributed by atoms with Crippen molar-refractivity contribution in [1.82, 2.24) is 5.32 Å². The molecule has 0 saturated carbocycles. The van der Waals surface area contributed by atoms with Crippen molar-refractivity contribution in [3.63, 3.8) is 0 Å². The Morgan fingerprint density at radius 3 is 2.38 bits per heavy atom. The monoisotopic (exact) mass is 185 g/mol. The molecule has 0 radical (unpaired) electrons. The first-order valence-corrected chi connectivity index (χ1v) is 4.67. The zero-order valence-electron chi connectivity index (χ0n) is 8.47. The fourth-order valence-electron chi connectivity index (χ4n) is 1.17. The normalized spacial score (nSPS) is 11.0. The fourth-order valence-corrected chi connectivity index (χ4v) is 1.17. The summed E-state index contributed by atoms with van der Waals surface area (Å²) in [5, 5.41) is 12.0. The molecular formula is C10H19NO2. The van der Waals surface area contributed by atoms with Crippen LogP contribution in [0.1, 0.15) is 33.1 Å². The maximum atomic E-state index is 11.2. The van der Waals surface area contributed by atoms with Crippen LogP contribution in [0.2, 0.25) is 0 Å². The number of hydrogen-bond donors (Lipinski definition) is 2. The second-order valence-corrected chi connectivity index (χ2v) is 3.19. The van der Waals surface area contributed by atoms with E-state index in [2.05, 4.69) is 11.9 Å². The molecule has 1 amide bonds. The van der Waals surface area contributed by atoms with Gasteiger partial charge in [0.1, 0.15) is 0 Å². The van der Waals surface area contributed by atoms with E-state index in [9.17, 15) is 4.79 Å². The Kier molecular flexibility index (Phi) is 5.39. The van der Waals surface area contributed by atoms with Crippen molar-refractivity contribution in [3.05, 3.63) is 12.7 Å². The first-order valence-electron chi connectivity index (χ1n) is 4.67. The van der Waals surface area contributed by atoms with Gasteiger partial charge in [-0.3, -0.25) is 4.79 Å². The summed E-state index contributed by atoms with van der Waals surface area (Å²) in [6.45, 7) is 7.38. The van der Waals surface area contributed by atoms with E-state index in [0.717, 1.165) is 12.8 Å². The molecule has 0 unspecified atom stereocenters. The smallest absolute Gasteiger partial charge is 0.224 e. The summed E-state index contributed by atoms with van der Waals surface area (Å²) in [5.41, 5.74) is -0.444. The highest BCUT2D eigenvalue weighted by Gasteiger charge is 2.26. The molecule has 76 valence electrons. The van der Waals surface area contributed by atoms with Crippen molar-refractivity contribution in [2.45, 2.75) is 38.6 Å². The van der Waals surface area contributed by atoms with E-state index in [1.807, 2.05) is 13.8 Å². The van der Waals surface area contributed by atoms with Crippen LogP contribution in [0, 0.1) is 0 Å². The third-order valence-corrected chi connectivity index (χ3v) is 2.39. The van der Waals surface area contributed by atoms with Gasteiger partial charge in [-0.1, -0.05) is 19.9 Å². The Bertz CT molecular complexity index is 165. The lowest BCUT2D eigenvalue weighted by Gasteiger charge is -2.30. The maximum Gasteiger partial charge on any atom is 0.224 e. The molecule has 0 bridgehead atoms. The molecule has 0 rings (SSSR count). The van der Waals surface area contributed by atoms with Crippen LogP contribution >= 0.6 is 0 Å². The highest BCUT2D eigenvalue weighted by molar-refractivity contribution is 5.78. The van der Waals surface area contributed by atoms with E-state index in [-0.39, 0.29) is 12.5 Å². The summed E-state index contributed by atoms with van der Waals surface area (Å²) in [6.07, 6.45) is 3.34. The summed E-state index contributed by atoms with van der Waals surface area (Å²) in [7, 11) is 0. The largest absolute Gasteiger partial charge is 0.394 e. The topological polar surface area (TPSA) is 49.3 Å². The minimum Gasteiger partial charge on any atom is -0.394 e. The Labute approximate surface area is 79.8 Å². The summed E-state index contributed by atoms with van der Waals surface area (Å²) >= 11 is 0. The van der Waals surface area contributed by atoms with Gasteiger partial charge in [0.05, 0.1) is 12.1 Å². The summed E-state index contributed by atoms with van der Waals surface area (Å²) in [5.74, 6) is -0.0762. The minimum absolute atomic E-state index is 0.0110. The molecule has 3 nitrogen and oxygen atoms in total. The van der Waals surface area contributed by atoms with Crippen molar-refractivity contribution in [3.8, 4) is 0 Å². The quantitative estimate of drug-likeness (QED) is 0.611. The molecule has 0 heterocycles. The van der Waals surface area contributed by atoms with Gasteiger partial charge >= 0.3 is 0 Å². The number of carbonyl (C=O) groups excluding carboxylic acids is 1. The second kappa shape index (κ2) is 5.75. The molecule has 0 aliphatic heterocycles. The lowest BCUT2D eigenvalue weighted by Crippen LogP contribution is -2.50. The summed E-state index contributed by atoms with van der Waals surface area (Å²) in [4.78, 5) is 11.2. The molecule has 0 aromatic rings. The molecule has 0 aliphatic rings. The Morgan fingerprint density at radius 2 is 2.08 bits per heavy atom. The van der Waals surface area contributed by atoms with Crippen LogP contribution in [0.4, 0.5) is 0 Å². The van der Waals surface area contributed by atoms with Gasteiger partial charge in [-0.05, 0) is 12.8 Å². The van der Waals surface area contributed by atoms with Crippen molar-refractivity contribution >= 4 is 5.91 Å². The molecular weight excluding hydrogens is 166 g/mol. The number of nitrogens with one attached hydrogen (secondary N) is 1. The number of hydrogen-bond acceptors (Lipinski definition) is 2. The number of carbonyl (C=O) groups is 1. The van der Waals surface area contributed by atoms with Crippen LogP contribution in [-0.2, 0) is 4.79 Å². The first-order chi connectivity index (χ1) is 6.14. The lowest BCUT2D eigenvalue weighted by molar-refractivity contribution is -0.122. The number of aliphatic hydroxyl groups excluding tert-OH is 1. The minimum atomic E-state index is -0.444. The molecule has 0 saturated heterocycles. The van der Waals surface area contributed by atoms with Crippen molar-refractivity contribution < 1.29 is 9.90 Å². The van der Waals surface area contributed by atoms with Gasteiger partial charge in [-0.2, -0.15) is 0 Å². The number of rotatable bonds is 6. The van der Waals surface area contributed by atoms with Crippen LogP contribution in [0.3, 0.4) is 0 Å². The average molecular weight is 185 g/mol.